The second-order valence-corrected chi connectivity index (χ2v) is 5.86. The van der Waals surface area contributed by atoms with Crippen molar-refractivity contribution in [3.05, 3.63) is 57.0 Å². The largest absolute Gasteiger partial charge is 0.478 e. The Morgan fingerprint density at radius 1 is 1.00 bits per heavy atom. The van der Waals surface area contributed by atoms with Crippen LogP contribution in [0.2, 0.25) is 0 Å². The summed E-state index contributed by atoms with van der Waals surface area (Å²) in [5, 5.41) is 14.2. The van der Waals surface area contributed by atoms with Crippen molar-refractivity contribution in [1.29, 1.82) is 0 Å². The molecule has 0 aliphatic heterocycles. The van der Waals surface area contributed by atoms with E-state index < -0.39 is 12.0 Å². The predicted octanol–water partition coefficient (Wildman–Crippen LogP) is 4.55. The van der Waals surface area contributed by atoms with Gasteiger partial charge in [0.15, 0.2) is 0 Å². The van der Waals surface area contributed by atoms with Crippen LogP contribution in [0.25, 0.3) is 0 Å². The van der Waals surface area contributed by atoms with Gasteiger partial charge in [0.1, 0.15) is 0 Å². The second-order valence-electron chi connectivity index (χ2n) is 4.09. The molecule has 2 amide bonds. The van der Waals surface area contributed by atoms with Crippen molar-refractivity contribution in [2.75, 3.05) is 10.6 Å². The van der Waals surface area contributed by atoms with E-state index in [1.165, 1.54) is 12.1 Å². The lowest BCUT2D eigenvalue weighted by molar-refractivity contribution is 0.0697. The van der Waals surface area contributed by atoms with Crippen LogP contribution in [0, 0.1) is 0 Å². The van der Waals surface area contributed by atoms with Gasteiger partial charge in [0.25, 0.3) is 0 Å². The number of amides is 2. The molecule has 0 aliphatic rings. The van der Waals surface area contributed by atoms with Gasteiger partial charge in [-0.2, -0.15) is 0 Å². The molecule has 2 aromatic rings. The third-order valence-electron chi connectivity index (χ3n) is 2.54. The highest BCUT2D eigenvalue weighted by atomic mass is 79.9. The topological polar surface area (TPSA) is 78.4 Å². The molecule has 3 N–H and O–H groups in total. The maximum Gasteiger partial charge on any atom is 0.335 e. The molecule has 2 aromatic carbocycles. The fourth-order valence-corrected chi connectivity index (χ4v) is 2.35. The number of urea groups is 1. The van der Waals surface area contributed by atoms with Crippen LogP contribution in [0.4, 0.5) is 16.2 Å². The molecule has 5 nitrogen and oxygen atoms in total. The number of nitrogens with one attached hydrogen (secondary N) is 2. The molecule has 0 saturated heterocycles. The number of carbonyl (C=O) groups excluding carboxylic acids is 1. The lowest BCUT2D eigenvalue weighted by atomic mass is 10.2. The molecule has 2 rings (SSSR count). The standard InChI is InChI=1S/C14H10Br2N2O3/c15-9-2-1-3-10(7-9)17-14(21)18-12-6-8(13(19)20)4-5-11(12)16/h1-7H,(H,19,20)(H2,17,18,21). The molecule has 7 heteroatoms. The lowest BCUT2D eigenvalue weighted by Gasteiger charge is -2.10. The molecule has 0 bridgehead atoms. The van der Waals surface area contributed by atoms with E-state index in [-0.39, 0.29) is 5.56 Å². The van der Waals surface area contributed by atoms with Gasteiger partial charge in [-0.3, -0.25) is 0 Å². The van der Waals surface area contributed by atoms with Gasteiger partial charge in [-0.15, -0.1) is 0 Å². The van der Waals surface area contributed by atoms with Crippen molar-refractivity contribution in [3.63, 3.8) is 0 Å². The Bertz CT molecular complexity index is 704. The Labute approximate surface area is 137 Å². The minimum Gasteiger partial charge on any atom is -0.478 e. The maximum absolute atomic E-state index is 11.9. The fraction of sp³-hybridized carbons (Fsp3) is 0. The van der Waals surface area contributed by atoms with Crippen LogP contribution in [0.1, 0.15) is 10.4 Å². The van der Waals surface area contributed by atoms with Crippen molar-refractivity contribution in [2.24, 2.45) is 0 Å². The van der Waals surface area contributed by atoms with Gasteiger partial charge in [-0.05, 0) is 52.3 Å². The summed E-state index contributed by atoms with van der Waals surface area (Å²) in [7, 11) is 0. The molecule has 21 heavy (non-hydrogen) atoms. The van der Waals surface area contributed by atoms with Crippen molar-refractivity contribution in [1.82, 2.24) is 0 Å². The van der Waals surface area contributed by atoms with E-state index >= 15 is 0 Å². The number of hydrogen-bond donors (Lipinski definition) is 3. The number of aromatic carboxylic acids is 1. The summed E-state index contributed by atoms with van der Waals surface area (Å²) in [6.07, 6.45) is 0. The molecular weight excluding hydrogens is 404 g/mol. The lowest BCUT2D eigenvalue weighted by Crippen LogP contribution is -2.19. The van der Waals surface area contributed by atoms with Crippen LogP contribution < -0.4 is 10.6 Å². The number of carbonyl (C=O) groups is 2. The van der Waals surface area contributed by atoms with Crippen LogP contribution in [0.5, 0.6) is 0 Å². The number of hydrogen-bond acceptors (Lipinski definition) is 2. The Balaban J connectivity index is 2.12. The summed E-state index contributed by atoms with van der Waals surface area (Å²) >= 11 is 6.57. The number of rotatable bonds is 3. The molecule has 0 saturated carbocycles. The molecule has 108 valence electrons. The van der Waals surface area contributed by atoms with Crippen molar-refractivity contribution in [3.8, 4) is 0 Å². The highest BCUT2D eigenvalue weighted by Gasteiger charge is 2.10. The monoisotopic (exact) mass is 412 g/mol. The van der Waals surface area contributed by atoms with Crippen LogP contribution in [-0.2, 0) is 0 Å². The molecule has 0 unspecified atom stereocenters. The van der Waals surface area contributed by atoms with Gasteiger partial charge in [0.05, 0.1) is 11.3 Å². The Morgan fingerprint density at radius 3 is 2.43 bits per heavy atom. The van der Waals surface area contributed by atoms with Gasteiger partial charge in [0.2, 0.25) is 0 Å². The minimum absolute atomic E-state index is 0.0935. The van der Waals surface area contributed by atoms with Crippen molar-refractivity contribution >= 4 is 55.2 Å². The van der Waals surface area contributed by atoms with E-state index in [4.69, 9.17) is 5.11 Å². The summed E-state index contributed by atoms with van der Waals surface area (Å²) in [5.74, 6) is -1.06. The van der Waals surface area contributed by atoms with Crippen LogP contribution in [0.3, 0.4) is 0 Å². The molecule has 0 heterocycles. The summed E-state index contributed by atoms with van der Waals surface area (Å²) in [5.41, 5.74) is 1.09. The third-order valence-corrected chi connectivity index (χ3v) is 3.73. The van der Waals surface area contributed by atoms with Gasteiger partial charge in [0, 0.05) is 14.6 Å². The normalized spacial score (nSPS) is 10.0. The molecule has 0 aliphatic carbocycles. The van der Waals surface area contributed by atoms with Crippen LogP contribution in [0.15, 0.2) is 51.4 Å². The summed E-state index contributed by atoms with van der Waals surface area (Å²) in [6.45, 7) is 0. The average molecular weight is 414 g/mol. The third kappa shape index (κ3) is 4.30. The van der Waals surface area contributed by atoms with E-state index in [1.54, 1.807) is 24.3 Å². The number of benzene rings is 2. The molecule has 0 spiro atoms. The van der Waals surface area contributed by atoms with E-state index in [1.807, 2.05) is 6.07 Å². The maximum atomic E-state index is 11.9. The fourth-order valence-electron chi connectivity index (χ4n) is 1.60. The average Bonchev–Trinajstić information content (AvgIpc) is 2.41. The Kier molecular flexibility index (Phi) is 4.98. The zero-order valence-corrected chi connectivity index (χ0v) is 13.7. The predicted molar refractivity (Wildman–Crippen MR) is 87.9 cm³/mol. The highest BCUT2D eigenvalue weighted by Crippen LogP contribution is 2.24. The summed E-state index contributed by atoms with van der Waals surface area (Å²) in [6, 6.07) is 11.1. The van der Waals surface area contributed by atoms with Gasteiger partial charge in [-0.1, -0.05) is 22.0 Å². The van der Waals surface area contributed by atoms with Gasteiger partial charge in [-0.25, -0.2) is 9.59 Å². The first-order valence-corrected chi connectivity index (χ1v) is 7.41. The molecule has 0 aromatic heterocycles. The number of carboxylic acid groups (broad SMARTS) is 1. The van der Waals surface area contributed by atoms with E-state index in [0.29, 0.717) is 15.8 Å². The van der Waals surface area contributed by atoms with E-state index in [0.717, 1.165) is 4.47 Å². The SMILES string of the molecule is O=C(Nc1cccc(Br)c1)Nc1cc(C(=O)O)ccc1Br. The molecular formula is C14H10Br2N2O3. The first-order valence-electron chi connectivity index (χ1n) is 5.82. The molecule has 0 fully saturated rings. The molecule has 0 atom stereocenters. The number of carboxylic acids is 1. The van der Waals surface area contributed by atoms with E-state index in [9.17, 15) is 9.59 Å². The van der Waals surface area contributed by atoms with E-state index in [2.05, 4.69) is 42.5 Å². The number of halogens is 2. The highest BCUT2D eigenvalue weighted by molar-refractivity contribution is 9.10. The number of anilines is 2. The molecule has 0 radical (unpaired) electrons. The van der Waals surface area contributed by atoms with Gasteiger partial charge < -0.3 is 15.7 Å². The summed E-state index contributed by atoms with van der Waals surface area (Å²) in [4.78, 5) is 22.9. The Morgan fingerprint density at radius 2 is 1.76 bits per heavy atom. The summed E-state index contributed by atoms with van der Waals surface area (Å²) < 4.78 is 1.44. The van der Waals surface area contributed by atoms with Crippen molar-refractivity contribution in [2.45, 2.75) is 0 Å². The smallest absolute Gasteiger partial charge is 0.335 e. The minimum atomic E-state index is -1.06. The first kappa shape index (κ1) is 15.5. The second kappa shape index (κ2) is 6.73. The quantitative estimate of drug-likeness (QED) is 0.690. The first-order chi connectivity index (χ1) is 9.95. The zero-order chi connectivity index (χ0) is 15.4. The van der Waals surface area contributed by atoms with Crippen LogP contribution in [-0.4, -0.2) is 17.1 Å². The zero-order valence-electron chi connectivity index (χ0n) is 10.6. The Hall–Kier alpha value is -1.86. The van der Waals surface area contributed by atoms with Gasteiger partial charge >= 0.3 is 12.0 Å². The van der Waals surface area contributed by atoms with Crippen molar-refractivity contribution < 1.29 is 14.7 Å². The van der Waals surface area contributed by atoms with Crippen LogP contribution >= 0.6 is 31.9 Å².